The molecule has 1 aliphatic rings. The summed E-state index contributed by atoms with van der Waals surface area (Å²) in [4.78, 5) is 12.9. The molecule has 0 saturated carbocycles. The molecule has 2 N–H and O–H groups in total. The standard InChI is InChI=1S/C12H11BrN2O/c1-8(16)15-11(13)6-9-4-2-3-5-10(9)7-12(15)14/h2-7H,14H2,1H3. The molecule has 4 heteroatoms. The van der Waals surface area contributed by atoms with E-state index in [9.17, 15) is 4.79 Å². The highest BCUT2D eigenvalue weighted by atomic mass is 79.9. The topological polar surface area (TPSA) is 46.3 Å². The van der Waals surface area contributed by atoms with Gasteiger partial charge < -0.3 is 5.73 Å². The zero-order chi connectivity index (χ0) is 11.7. The second kappa shape index (κ2) is 4.14. The Bertz CT molecular complexity index is 466. The van der Waals surface area contributed by atoms with Gasteiger partial charge in [0.05, 0.1) is 4.61 Å². The molecular formula is C12H11BrN2O. The Morgan fingerprint density at radius 2 is 1.81 bits per heavy atom. The lowest BCUT2D eigenvalue weighted by Crippen LogP contribution is -2.28. The van der Waals surface area contributed by atoms with E-state index in [4.69, 9.17) is 5.73 Å². The van der Waals surface area contributed by atoms with E-state index in [1.165, 1.54) is 11.8 Å². The molecule has 1 aliphatic heterocycles. The van der Waals surface area contributed by atoms with Crippen LogP contribution in [0.1, 0.15) is 18.1 Å². The molecule has 0 aliphatic carbocycles. The second-order valence-corrected chi connectivity index (χ2v) is 4.33. The predicted molar refractivity (Wildman–Crippen MR) is 68.0 cm³/mol. The minimum absolute atomic E-state index is 0.121. The highest BCUT2D eigenvalue weighted by Gasteiger charge is 2.18. The van der Waals surface area contributed by atoms with Crippen molar-refractivity contribution in [3.63, 3.8) is 0 Å². The first-order chi connectivity index (χ1) is 7.59. The smallest absolute Gasteiger partial charge is 0.229 e. The summed E-state index contributed by atoms with van der Waals surface area (Å²) in [5, 5.41) is 0. The van der Waals surface area contributed by atoms with Crippen LogP contribution in [0.5, 0.6) is 0 Å². The predicted octanol–water partition coefficient (Wildman–Crippen LogP) is 2.50. The van der Waals surface area contributed by atoms with E-state index < -0.39 is 0 Å². The molecule has 82 valence electrons. The number of amides is 1. The summed E-state index contributed by atoms with van der Waals surface area (Å²) in [6.45, 7) is 1.48. The highest BCUT2D eigenvalue weighted by Crippen LogP contribution is 2.27. The van der Waals surface area contributed by atoms with Crippen molar-refractivity contribution < 1.29 is 4.79 Å². The first-order valence-electron chi connectivity index (χ1n) is 4.83. The van der Waals surface area contributed by atoms with Gasteiger partial charge in [-0.1, -0.05) is 24.3 Å². The van der Waals surface area contributed by atoms with E-state index >= 15 is 0 Å². The maximum Gasteiger partial charge on any atom is 0.229 e. The van der Waals surface area contributed by atoms with Gasteiger partial charge in [0.15, 0.2) is 0 Å². The quantitative estimate of drug-likeness (QED) is 0.742. The normalized spacial score (nSPS) is 14.8. The Kier molecular flexibility index (Phi) is 2.83. The lowest BCUT2D eigenvalue weighted by atomic mass is 10.1. The first-order valence-corrected chi connectivity index (χ1v) is 5.63. The number of hydrogen-bond acceptors (Lipinski definition) is 2. The number of carbonyl (C=O) groups is 1. The van der Waals surface area contributed by atoms with Gasteiger partial charge in [-0.15, -0.1) is 0 Å². The average Bonchev–Trinajstić information content (AvgIpc) is 2.32. The molecule has 1 aromatic rings. The highest BCUT2D eigenvalue weighted by molar-refractivity contribution is 9.11. The monoisotopic (exact) mass is 278 g/mol. The third kappa shape index (κ3) is 1.88. The van der Waals surface area contributed by atoms with E-state index in [1.807, 2.05) is 30.3 Å². The number of carbonyl (C=O) groups excluding carboxylic acids is 1. The fraction of sp³-hybridized carbons (Fsp3) is 0.0833. The Hall–Kier alpha value is -1.55. The molecule has 0 bridgehead atoms. The fourth-order valence-corrected chi connectivity index (χ4v) is 2.35. The van der Waals surface area contributed by atoms with E-state index in [0.717, 1.165) is 11.1 Å². The Labute approximate surface area is 102 Å². The number of nitrogens with two attached hydrogens (primary N) is 1. The molecule has 0 unspecified atom stereocenters. The number of hydrogen-bond donors (Lipinski definition) is 1. The Balaban J connectivity index is 2.61. The SMILES string of the molecule is CC(=O)N1C(N)=Cc2ccccc2C=C1Br. The van der Waals surface area contributed by atoms with Gasteiger partial charge in [0.2, 0.25) is 5.91 Å². The van der Waals surface area contributed by atoms with Gasteiger partial charge in [0.1, 0.15) is 5.82 Å². The molecule has 1 amide bonds. The molecule has 1 aromatic carbocycles. The van der Waals surface area contributed by atoms with Crippen molar-refractivity contribution in [3.8, 4) is 0 Å². The summed E-state index contributed by atoms with van der Waals surface area (Å²) in [6.07, 6.45) is 3.68. The van der Waals surface area contributed by atoms with Gasteiger partial charge in [-0.05, 0) is 39.2 Å². The van der Waals surface area contributed by atoms with Crippen molar-refractivity contribution >= 4 is 34.0 Å². The van der Waals surface area contributed by atoms with Crippen LogP contribution in [0.15, 0.2) is 34.7 Å². The average molecular weight is 279 g/mol. The van der Waals surface area contributed by atoms with Crippen LogP contribution < -0.4 is 5.73 Å². The third-order valence-electron chi connectivity index (χ3n) is 2.36. The Morgan fingerprint density at radius 3 is 2.38 bits per heavy atom. The van der Waals surface area contributed by atoms with Crippen molar-refractivity contribution in [1.82, 2.24) is 4.90 Å². The van der Waals surface area contributed by atoms with Crippen molar-refractivity contribution in [3.05, 3.63) is 45.8 Å². The van der Waals surface area contributed by atoms with Crippen LogP contribution in [0.4, 0.5) is 0 Å². The third-order valence-corrected chi connectivity index (χ3v) is 2.94. The largest absolute Gasteiger partial charge is 0.385 e. The molecule has 16 heavy (non-hydrogen) atoms. The number of benzene rings is 1. The van der Waals surface area contributed by atoms with Crippen LogP contribution in [-0.2, 0) is 4.79 Å². The van der Waals surface area contributed by atoms with E-state index in [-0.39, 0.29) is 5.91 Å². The van der Waals surface area contributed by atoms with Gasteiger partial charge in [-0.3, -0.25) is 9.69 Å². The number of fused-ring (bicyclic) bond motifs is 1. The Morgan fingerprint density at radius 1 is 1.25 bits per heavy atom. The summed E-state index contributed by atoms with van der Waals surface area (Å²) < 4.78 is 0.652. The maximum absolute atomic E-state index is 11.5. The minimum Gasteiger partial charge on any atom is -0.385 e. The summed E-state index contributed by atoms with van der Waals surface area (Å²) in [5.41, 5.74) is 7.91. The molecule has 2 rings (SSSR count). The van der Waals surface area contributed by atoms with Gasteiger partial charge >= 0.3 is 0 Å². The van der Waals surface area contributed by atoms with Crippen LogP contribution in [0.2, 0.25) is 0 Å². The van der Waals surface area contributed by atoms with Crippen LogP contribution in [0.25, 0.3) is 12.2 Å². The summed E-state index contributed by atoms with van der Waals surface area (Å²) in [5.74, 6) is 0.297. The summed E-state index contributed by atoms with van der Waals surface area (Å²) in [7, 11) is 0. The van der Waals surface area contributed by atoms with Gasteiger partial charge in [0.25, 0.3) is 0 Å². The molecule has 0 fully saturated rings. The molecular weight excluding hydrogens is 268 g/mol. The molecule has 3 nitrogen and oxygen atoms in total. The molecule has 0 saturated heterocycles. The lowest BCUT2D eigenvalue weighted by Gasteiger charge is -2.18. The number of rotatable bonds is 0. The van der Waals surface area contributed by atoms with Crippen molar-refractivity contribution in [1.29, 1.82) is 0 Å². The second-order valence-electron chi connectivity index (χ2n) is 3.52. The zero-order valence-corrected chi connectivity index (χ0v) is 10.4. The molecule has 0 aromatic heterocycles. The number of nitrogens with zero attached hydrogens (tertiary/aromatic N) is 1. The van der Waals surface area contributed by atoms with Gasteiger partial charge in [-0.25, -0.2) is 0 Å². The van der Waals surface area contributed by atoms with Crippen LogP contribution in [-0.4, -0.2) is 10.8 Å². The van der Waals surface area contributed by atoms with Gasteiger partial charge in [-0.2, -0.15) is 0 Å². The van der Waals surface area contributed by atoms with Gasteiger partial charge in [0, 0.05) is 6.92 Å². The van der Waals surface area contributed by atoms with E-state index in [0.29, 0.717) is 10.4 Å². The van der Waals surface area contributed by atoms with Crippen LogP contribution >= 0.6 is 15.9 Å². The lowest BCUT2D eigenvalue weighted by molar-refractivity contribution is -0.124. The first kappa shape index (κ1) is 11.0. The fourth-order valence-electron chi connectivity index (χ4n) is 1.65. The number of halogens is 1. The minimum atomic E-state index is -0.121. The summed E-state index contributed by atoms with van der Waals surface area (Å²) >= 11 is 3.36. The zero-order valence-electron chi connectivity index (χ0n) is 8.77. The molecule has 0 radical (unpaired) electrons. The van der Waals surface area contributed by atoms with E-state index in [2.05, 4.69) is 15.9 Å². The van der Waals surface area contributed by atoms with E-state index in [1.54, 1.807) is 6.08 Å². The van der Waals surface area contributed by atoms with Crippen molar-refractivity contribution in [2.75, 3.05) is 0 Å². The van der Waals surface area contributed by atoms with Crippen LogP contribution in [0.3, 0.4) is 0 Å². The van der Waals surface area contributed by atoms with Crippen LogP contribution in [0, 0.1) is 0 Å². The molecule has 0 atom stereocenters. The maximum atomic E-state index is 11.5. The molecule has 1 heterocycles. The van der Waals surface area contributed by atoms with Crippen molar-refractivity contribution in [2.45, 2.75) is 6.92 Å². The molecule has 0 spiro atoms. The van der Waals surface area contributed by atoms with Crippen molar-refractivity contribution in [2.24, 2.45) is 5.73 Å². The summed E-state index contributed by atoms with van der Waals surface area (Å²) in [6, 6.07) is 7.82.